The first-order valence-electron chi connectivity index (χ1n) is 4.56. The monoisotopic (exact) mass is 189 g/mol. The SMILES string of the molecule is [CH]=C(Cc1ccccc1)C(=O)OCC. The summed E-state index contributed by atoms with van der Waals surface area (Å²) in [6.45, 7) is 7.69. The summed E-state index contributed by atoms with van der Waals surface area (Å²) in [5.74, 6) is -0.420. The number of esters is 1. The summed E-state index contributed by atoms with van der Waals surface area (Å²) < 4.78 is 4.77. The van der Waals surface area contributed by atoms with Crippen LogP contribution in [0.1, 0.15) is 12.5 Å². The van der Waals surface area contributed by atoms with Gasteiger partial charge in [0.1, 0.15) is 0 Å². The minimum Gasteiger partial charge on any atom is -0.463 e. The molecule has 0 heterocycles. The van der Waals surface area contributed by atoms with Gasteiger partial charge >= 0.3 is 5.97 Å². The molecular formula is C12H13O2. The number of hydrogen-bond acceptors (Lipinski definition) is 2. The summed E-state index contributed by atoms with van der Waals surface area (Å²) >= 11 is 0. The number of rotatable bonds is 4. The summed E-state index contributed by atoms with van der Waals surface area (Å²) in [5.41, 5.74) is 1.26. The largest absolute Gasteiger partial charge is 0.463 e. The Morgan fingerprint density at radius 3 is 2.57 bits per heavy atom. The Kier molecular flexibility index (Phi) is 3.92. The van der Waals surface area contributed by atoms with Crippen LogP contribution in [0.25, 0.3) is 0 Å². The second-order valence-corrected chi connectivity index (χ2v) is 2.91. The van der Waals surface area contributed by atoms with Crippen LogP contribution in [-0.4, -0.2) is 12.6 Å². The van der Waals surface area contributed by atoms with Gasteiger partial charge in [-0.1, -0.05) is 36.9 Å². The Hall–Kier alpha value is -1.57. The van der Waals surface area contributed by atoms with Gasteiger partial charge in [-0.3, -0.25) is 0 Å². The highest BCUT2D eigenvalue weighted by Crippen LogP contribution is 2.07. The summed E-state index contributed by atoms with van der Waals surface area (Å²) in [7, 11) is 0. The first kappa shape index (κ1) is 10.5. The van der Waals surface area contributed by atoms with E-state index in [2.05, 4.69) is 0 Å². The van der Waals surface area contributed by atoms with E-state index in [-0.39, 0.29) is 5.57 Å². The van der Waals surface area contributed by atoms with Gasteiger partial charge in [-0.15, -0.1) is 0 Å². The first-order chi connectivity index (χ1) is 6.74. The topological polar surface area (TPSA) is 26.3 Å². The average molecular weight is 189 g/mol. The Bertz CT molecular complexity index is 314. The summed E-state index contributed by atoms with van der Waals surface area (Å²) in [5, 5.41) is 0. The van der Waals surface area contributed by atoms with Crippen LogP contribution in [0, 0.1) is 6.58 Å². The molecule has 0 saturated carbocycles. The van der Waals surface area contributed by atoms with Gasteiger partial charge in [0.25, 0.3) is 0 Å². The number of ether oxygens (including phenoxy) is 1. The molecule has 0 aliphatic rings. The Labute approximate surface area is 84.2 Å². The van der Waals surface area contributed by atoms with Crippen molar-refractivity contribution in [1.29, 1.82) is 0 Å². The molecule has 2 heteroatoms. The van der Waals surface area contributed by atoms with Gasteiger partial charge in [0.15, 0.2) is 0 Å². The Balaban J connectivity index is 2.53. The minimum absolute atomic E-state index is 0.248. The van der Waals surface area contributed by atoms with Crippen LogP contribution in [-0.2, 0) is 16.0 Å². The maximum absolute atomic E-state index is 11.2. The zero-order valence-electron chi connectivity index (χ0n) is 8.19. The van der Waals surface area contributed by atoms with E-state index in [9.17, 15) is 4.79 Å². The molecule has 0 amide bonds. The van der Waals surface area contributed by atoms with Gasteiger partial charge in [-0.2, -0.15) is 0 Å². The van der Waals surface area contributed by atoms with E-state index in [1.165, 1.54) is 0 Å². The number of benzene rings is 1. The summed E-state index contributed by atoms with van der Waals surface area (Å²) in [6.07, 6.45) is 0.444. The van der Waals surface area contributed by atoms with Gasteiger partial charge in [-0.25, -0.2) is 4.79 Å². The molecule has 0 fully saturated rings. The molecule has 0 aliphatic heterocycles. The molecule has 1 aromatic rings. The zero-order valence-corrected chi connectivity index (χ0v) is 8.19. The smallest absolute Gasteiger partial charge is 0.334 e. The van der Waals surface area contributed by atoms with Crippen LogP contribution in [0.3, 0.4) is 0 Å². The molecule has 14 heavy (non-hydrogen) atoms. The van der Waals surface area contributed by atoms with Gasteiger partial charge < -0.3 is 4.74 Å². The van der Waals surface area contributed by atoms with E-state index >= 15 is 0 Å². The Morgan fingerprint density at radius 2 is 2.00 bits per heavy atom. The number of hydrogen-bond donors (Lipinski definition) is 0. The lowest BCUT2D eigenvalue weighted by Gasteiger charge is -2.04. The van der Waals surface area contributed by atoms with Crippen molar-refractivity contribution >= 4 is 5.97 Å². The third-order valence-electron chi connectivity index (χ3n) is 1.78. The molecule has 0 saturated heterocycles. The van der Waals surface area contributed by atoms with E-state index in [1.54, 1.807) is 6.92 Å². The summed E-state index contributed by atoms with van der Waals surface area (Å²) in [4.78, 5) is 11.2. The van der Waals surface area contributed by atoms with Crippen molar-refractivity contribution in [3.05, 3.63) is 48.0 Å². The molecule has 2 nitrogen and oxygen atoms in total. The van der Waals surface area contributed by atoms with Crippen LogP contribution in [0.2, 0.25) is 0 Å². The Morgan fingerprint density at radius 1 is 1.36 bits per heavy atom. The maximum Gasteiger partial charge on any atom is 0.334 e. The van der Waals surface area contributed by atoms with Crippen molar-refractivity contribution in [3.63, 3.8) is 0 Å². The molecule has 0 aliphatic carbocycles. The molecule has 0 aromatic heterocycles. The summed E-state index contributed by atoms with van der Waals surface area (Å²) in [6, 6.07) is 9.59. The lowest BCUT2D eigenvalue weighted by atomic mass is 10.1. The zero-order chi connectivity index (χ0) is 10.4. The van der Waals surface area contributed by atoms with E-state index < -0.39 is 5.97 Å². The van der Waals surface area contributed by atoms with Crippen molar-refractivity contribution in [2.75, 3.05) is 6.61 Å². The maximum atomic E-state index is 11.2. The molecule has 1 rings (SSSR count). The highest BCUT2D eigenvalue weighted by molar-refractivity contribution is 5.87. The fourth-order valence-electron chi connectivity index (χ4n) is 1.11. The average Bonchev–Trinajstić information content (AvgIpc) is 2.19. The molecule has 0 N–H and O–H groups in total. The van der Waals surface area contributed by atoms with Gasteiger partial charge in [-0.05, 0) is 12.5 Å². The predicted molar refractivity (Wildman–Crippen MR) is 54.6 cm³/mol. The highest BCUT2D eigenvalue weighted by atomic mass is 16.5. The molecule has 1 aromatic carbocycles. The molecular weight excluding hydrogens is 176 g/mol. The van der Waals surface area contributed by atoms with Crippen molar-refractivity contribution in [1.82, 2.24) is 0 Å². The number of carbonyl (C=O) groups is 1. The van der Waals surface area contributed by atoms with Gasteiger partial charge in [0.05, 0.1) is 6.61 Å². The molecule has 0 unspecified atom stereocenters. The van der Waals surface area contributed by atoms with E-state index in [4.69, 9.17) is 11.3 Å². The van der Waals surface area contributed by atoms with Crippen LogP contribution >= 0.6 is 0 Å². The van der Waals surface area contributed by atoms with Gasteiger partial charge in [0, 0.05) is 12.0 Å². The fourth-order valence-corrected chi connectivity index (χ4v) is 1.11. The van der Waals surface area contributed by atoms with Crippen LogP contribution < -0.4 is 0 Å². The molecule has 0 atom stereocenters. The lowest BCUT2D eigenvalue weighted by Crippen LogP contribution is -2.08. The fraction of sp³-hybridized carbons (Fsp3) is 0.250. The van der Waals surface area contributed by atoms with Crippen molar-refractivity contribution in [2.24, 2.45) is 0 Å². The lowest BCUT2D eigenvalue weighted by molar-refractivity contribution is -0.138. The standard InChI is InChI=1S/C12H13O2/c1-3-14-12(13)10(2)9-11-7-5-4-6-8-11/h2,4-8H,3,9H2,1H3. The molecule has 73 valence electrons. The van der Waals surface area contributed by atoms with Crippen LogP contribution in [0.4, 0.5) is 0 Å². The van der Waals surface area contributed by atoms with Crippen molar-refractivity contribution in [2.45, 2.75) is 13.3 Å². The van der Waals surface area contributed by atoms with Gasteiger partial charge in [0.2, 0.25) is 0 Å². The normalized spacial score (nSPS) is 9.50. The first-order valence-corrected chi connectivity index (χ1v) is 4.56. The van der Waals surface area contributed by atoms with E-state index in [0.29, 0.717) is 13.0 Å². The number of carbonyl (C=O) groups excluding carboxylic acids is 1. The third kappa shape index (κ3) is 3.05. The van der Waals surface area contributed by atoms with Crippen LogP contribution in [0.15, 0.2) is 35.9 Å². The van der Waals surface area contributed by atoms with E-state index in [1.807, 2.05) is 30.3 Å². The second-order valence-electron chi connectivity index (χ2n) is 2.91. The van der Waals surface area contributed by atoms with Crippen molar-refractivity contribution in [3.8, 4) is 0 Å². The molecule has 0 spiro atoms. The highest BCUT2D eigenvalue weighted by Gasteiger charge is 2.07. The third-order valence-corrected chi connectivity index (χ3v) is 1.78. The molecule has 0 bridgehead atoms. The van der Waals surface area contributed by atoms with E-state index in [0.717, 1.165) is 5.56 Å². The quantitative estimate of drug-likeness (QED) is 0.536. The van der Waals surface area contributed by atoms with Crippen LogP contribution in [0.5, 0.6) is 0 Å². The second kappa shape index (κ2) is 5.22. The van der Waals surface area contributed by atoms with Crippen molar-refractivity contribution < 1.29 is 9.53 Å². The molecule has 1 radical (unpaired) electrons. The minimum atomic E-state index is -0.420. The predicted octanol–water partition coefficient (Wildman–Crippen LogP) is 2.15.